The number of rotatable bonds is 4. The van der Waals surface area contributed by atoms with Gasteiger partial charge in [0.2, 0.25) is 5.78 Å². The Balaban J connectivity index is 1.73. The van der Waals surface area contributed by atoms with Gasteiger partial charge < -0.3 is 19.5 Å². The standard InChI is InChI=1S/C26H23N3O4/c1-3-28-15-13-26(14-16-28)22(30)21-19-7-5-6-8-20(19)24(31)27-23(21)29(26)18-11-9-17(10-12-18)25(32)33-4-2/h5-16H,3-4H2,1-2H3,(H,27,31). The fourth-order valence-electron chi connectivity index (χ4n) is 4.49. The molecule has 2 aromatic carbocycles. The van der Waals surface area contributed by atoms with Crippen LogP contribution in [0.25, 0.3) is 10.8 Å². The van der Waals surface area contributed by atoms with E-state index in [9.17, 15) is 14.4 Å². The molecule has 0 aliphatic carbocycles. The van der Waals surface area contributed by atoms with Gasteiger partial charge in [-0.15, -0.1) is 0 Å². The molecule has 0 fully saturated rings. The molecule has 0 bridgehead atoms. The highest BCUT2D eigenvalue weighted by molar-refractivity contribution is 6.24. The summed E-state index contributed by atoms with van der Waals surface area (Å²) < 4.78 is 5.08. The molecule has 3 heterocycles. The first-order chi connectivity index (χ1) is 16.0. The highest BCUT2D eigenvalue weighted by Crippen LogP contribution is 2.47. The number of H-pyrrole nitrogens is 1. The van der Waals surface area contributed by atoms with E-state index in [4.69, 9.17) is 4.74 Å². The number of nitrogens with one attached hydrogen (secondary N) is 1. The van der Waals surface area contributed by atoms with Gasteiger partial charge >= 0.3 is 5.97 Å². The quantitative estimate of drug-likeness (QED) is 0.613. The maximum Gasteiger partial charge on any atom is 0.338 e. The summed E-state index contributed by atoms with van der Waals surface area (Å²) in [5.41, 5.74) is 0.159. The van der Waals surface area contributed by atoms with Crippen LogP contribution in [-0.2, 0) is 4.74 Å². The Morgan fingerprint density at radius 1 is 0.970 bits per heavy atom. The second-order valence-electron chi connectivity index (χ2n) is 7.94. The second kappa shape index (κ2) is 7.78. The summed E-state index contributed by atoms with van der Waals surface area (Å²) in [5, 5.41) is 1.09. The lowest BCUT2D eigenvalue weighted by molar-refractivity contribution is 0.0526. The van der Waals surface area contributed by atoms with E-state index in [1.165, 1.54) is 0 Å². The number of aromatic nitrogens is 1. The van der Waals surface area contributed by atoms with Crippen LogP contribution in [0.5, 0.6) is 0 Å². The van der Waals surface area contributed by atoms with Crippen molar-refractivity contribution < 1.29 is 14.3 Å². The Morgan fingerprint density at radius 2 is 1.64 bits per heavy atom. The first-order valence-corrected chi connectivity index (χ1v) is 10.9. The molecule has 1 spiro atoms. The summed E-state index contributed by atoms with van der Waals surface area (Å²) in [4.78, 5) is 45.7. The van der Waals surface area contributed by atoms with Gasteiger partial charge in [0.25, 0.3) is 5.56 Å². The molecule has 166 valence electrons. The lowest BCUT2D eigenvalue weighted by atomic mass is 9.89. The molecule has 7 heteroatoms. The Labute approximate surface area is 190 Å². The number of esters is 1. The minimum atomic E-state index is -1.13. The summed E-state index contributed by atoms with van der Waals surface area (Å²) in [7, 11) is 0. The molecular weight excluding hydrogens is 418 g/mol. The fraction of sp³-hybridized carbons (Fsp3) is 0.192. The normalized spacial score (nSPS) is 16.0. The van der Waals surface area contributed by atoms with E-state index >= 15 is 0 Å². The number of hydrogen-bond donors (Lipinski definition) is 1. The first-order valence-electron chi connectivity index (χ1n) is 10.9. The highest BCUT2D eigenvalue weighted by Gasteiger charge is 2.51. The Bertz CT molecular complexity index is 1370. The van der Waals surface area contributed by atoms with Crippen molar-refractivity contribution in [2.75, 3.05) is 18.1 Å². The van der Waals surface area contributed by atoms with Crippen molar-refractivity contribution in [3.8, 4) is 0 Å². The van der Waals surface area contributed by atoms with E-state index in [1.54, 1.807) is 49.4 Å². The van der Waals surface area contributed by atoms with Crippen LogP contribution in [0.4, 0.5) is 11.5 Å². The number of ether oxygens (including phenoxy) is 1. The molecular formula is C26H23N3O4. The van der Waals surface area contributed by atoms with Gasteiger partial charge in [-0.3, -0.25) is 9.59 Å². The van der Waals surface area contributed by atoms with E-state index in [-0.39, 0.29) is 17.9 Å². The molecule has 2 aliphatic rings. The van der Waals surface area contributed by atoms with Crippen molar-refractivity contribution >= 4 is 34.0 Å². The molecule has 0 atom stereocenters. The van der Waals surface area contributed by atoms with Gasteiger partial charge in [0.05, 0.1) is 17.7 Å². The van der Waals surface area contributed by atoms with E-state index in [2.05, 4.69) is 4.98 Å². The number of aromatic amines is 1. The number of anilines is 2. The van der Waals surface area contributed by atoms with Crippen molar-refractivity contribution in [1.29, 1.82) is 0 Å². The minimum Gasteiger partial charge on any atom is -0.462 e. The molecule has 0 saturated heterocycles. The zero-order chi connectivity index (χ0) is 23.2. The number of hydrogen-bond acceptors (Lipinski definition) is 6. The number of pyridine rings is 1. The van der Waals surface area contributed by atoms with E-state index in [1.807, 2.05) is 47.3 Å². The number of benzene rings is 2. The van der Waals surface area contributed by atoms with Crippen LogP contribution in [-0.4, -0.2) is 40.3 Å². The molecule has 0 amide bonds. The van der Waals surface area contributed by atoms with Crippen LogP contribution in [0, 0.1) is 0 Å². The number of carbonyl (C=O) groups is 2. The lowest BCUT2D eigenvalue weighted by Gasteiger charge is -2.36. The first kappa shape index (κ1) is 20.8. The summed E-state index contributed by atoms with van der Waals surface area (Å²) >= 11 is 0. The number of ketones is 1. The Morgan fingerprint density at radius 3 is 2.27 bits per heavy atom. The van der Waals surface area contributed by atoms with Gasteiger partial charge in [0.1, 0.15) is 11.4 Å². The minimum absolute atomic E-state index is 0.123. The van der Waals surface area contributed by atoms with Crippen molar-refractivity contribution in [2.24, 2.45) is 0 Å². The van der Waals surface area contributed by atoms with Crippen LogP contribution in [0.1, 0.15) is 34.6 Å². The average Bonchev–Trinajstić information content (AvgIpc) is 3.07. The summed E-state index contributed by atoms with van der Waals surface area (Å²) in [6.07, 6.45) is 7.46. The van der Waals surface area contributed by atoms with Gasteiger partial charge in [-0.05, 0) is 56.3 Å². The monoisotopic (exact) mass is 441 g/mol. The molecule has 7 nitrogen and oxygen atoms in total. The second-order valence-corrected chi connectivity index (χ2v) is 7.94. The van der Waals surface area contributed by atoms with Crippen molar-refractivity contribution in [2.45, 2.75) is 19.4 Å². The smallest absolute Gasteiger partial charge is 0.338 e. The third-order valence-corrected chi connectivity index (χ3v) is 6.14. The average molecular weight is 441 g/mol. The van der Waals surface area contributed by atoms with Crippen LogP contribution >= 0.6 is 0 Å². The predicted octanol–water partition coefficient (Wildman–Crippen LogP) is 4.14. The molecule has 1 aromatic heterocycles. The third kappa shape index (κ3) is 3.08. The zero-order valence-corrected chi connectivity index (χ0v) is 18.4. The van der Waals surface area contributed by atoms with E-state index < -0.39 is 11.5 Å². The van der Waals surface area contributed by atoms with Crippen molar-refractivity contribution in [1.82, 2.24) is 9.88 Å². The van der Waals surface area contributed by atoms with E-state index in [0.29, 0.717) is 33.4 Å². The van der Waals surface area contributed by atoms with Crippen LogP contribution in [0.3, 0.4) is 0 Å². The molecule has 1 N–H and O–H groups in total. The maximum absolute atomic E-state index is 14.0. The van der Waals surface area contributed by atoms with Crippen LogP contribution < -0.4 is 10.5 Å². The molecule has 0 unspecified atom stereocenters. The van der Waals surface area contributed by atoms with Gasteiger partial charge in [0.15, 0.2) is 0 Å². The van der Waals surface area contributed by atoms with E-state index in [0.717, 1.165) is 6.54 Å². The van der Waals surface area contributed by atoms with Gasteiger partial charge in [-0.1, -0.05) is 18.2 Å². The topological polar surface area (TPSA) is 82.7 Å². The lowest BCUT2D eigenvalue weighted by Crippen LogP contribution is -2.46. The van der Waals surface area contributed by atoms with Gasteiger partial charge in [0, 0.05) is 35.4 Å². The fourth-order valence-corrected chi connectivity index (χ4v) is 4.49. The summed E-state index contributed by atoms with van der Waals surface area (Å²) in [5.74, 6) is -0.0957. The molecule has 0 radical (unpaired) electrons. The van der Waals surface area contributed by atoms with Crippen molar-refractivity contribution in [3.05, 3.63) is 94.6 Å². The highest BCUT2D eigenvalue weighted by atomic mass is 16.5. The number of fused-ring (bicyclic) bond motifs is 3. The number of carbonyl (C=O) groups excluding carboxylic acids is 2. The molecule has 5 rings (SSSR count). The third-order valence-electron chi connectivity index (χ3n) is 6.14. The Kier molecular flexibility index (Phi) is 4.89. The van der Waals surface area contributed by atoms with Gasteiger partial charge in [-0.2, -0.15) is 0 Å². The Hall–Kier alpha value is -4.13. The predicted molar refractivity (Wildman–Crippen MR) is 127 cm³/mol. The van der Waals surface area contributed by atoms with Gasteiger partial charge in [-0.25, -0.2) is 4.79 Å². The summed E-state index contributed by atoms with van der Waals surface area (Å²) in [6, 6.07) is 14.0. The van der Waals surface area contributed by atoms with Crippen molar-refractivity contribution in [3.63, 3.8) is 0 Å². The molecule has 33 heavy (non-hydrogen) atoms. The SMILES string of the molecule is CCOC(=O)c1ccc(N2c3[nH]c(=O)c4ccccc4c3C(=O)C23C=CN(CC)C=C3)cc1. The van der Waals surface area contributed by atoms with Crippen LogP contribution in [0.2, 0.25) is 0 Å². The summed E-state index contributed by atoms with van der Waals surface area (Å²) in [6.45, 7) is 4.83. The molecule has 3 aromatic rings. The maximum atomic E-state index is 14.0. The largest absolute Gasteiger partial charge is 0.462 e. The molecule has 2 aliphatic heterocycles. The molecule has 0 saturated carbocycles. The van der Waals surface area contributed by atoms with Crippen LogP contribution in [0.15, 0.2) is 77.9 Å². The zero-order valence-electron chi connectivity index (χ0n) is 18.4. The number of nitrogens with zero attached hydrogens (tertiary/aromatic N) is 2. The number of Topliss-reactive ketones (excluding diaryl/α,β-unsaturated/α-hetero) is 1.